The smallest absolute Gasteiger partial charge is 0.309 e. The fourth-order valence-corrected chi connectivity index (χ4v) is 1.69. The van der Waals surface area contributed by atoms with E-state index in [9.17, 15) is 4.79 Å². The van der Waals surface area contributed by atoms with Crippen LogP contribution in [0.2, 0.25) is 0 Å². The summed E-state index contributed by atoms with van der Waals surface area (Å²) in [6.07, 6.45) is 2.52. The molecule has 0 aliphatic heterocycles. The summed E-state index contributed by atoms with van der Waals surface area (Å²) in [5, 5.41) is 0. The van der Waals surface area contributed by atoms with E-state index < -0.39 is 0 Å². The van der Waals surface area contributed by atoms with E-state index in [-0.39, 0.29) is 17.8 Å². The summed E-state index contributed by atoms with van der Waals surface area (Å²) in [4.78, 5) is 15.5. The lowest BCUT2D eigenvalue weighted by Crippen LogP contribution is -2.04. The standard InChI is InChI=1S/C11H13NO3/c1-14-7-3-4-12-10(5-7)8-6-9(8)11(13)15-2/h3-5,8-9H,6H2,1-2H3/t8-,9-/m0/s1. The Balaban J connectivity index is 2.09. The van der Waals surface area contributed by atoms with Gasteiger partial charge in [-0.05, 0) is 12.5 Å². The molecule has 0 saturated heterocycles. The van der Waals surface area contributed by atoms with Gasteiger partial charge >= 0.3 is 5.97 Å². The molecule has 0 spiro atoms. The number of esters is 1. The topological polar surface area (TPSA) is 48.4 Å². The lowest BCUT2D eigenvalue weighted by molar-refractivity contribution is -0.142. The van der Waals surface area contributed by atoms with Crippen molar-refractivity contribution in [3.05, 3.63) is 24.0 Å². The van der Waals surface area contributed by atoms with Gasteiger partial charge in [0.05, 0.1) is 20.1 Å². The van der Waals surface area contributed by atoms with Crippen LogP contribution in [-0.4, -0.2) is 25.2 Å². The predicted molar refractivity (Wildman–Crippen MR) is 53.7 cm³/mol. The van der Waals surface area contributed by atoms with E-state index in [0.29, 0.717) is 0 Å². The molecule has 0 aromatic carbocycles. The molecule has 0 bridgehead atoms. The zero-order chi connectivity index (χ0) is 10.8. The largest absolute Gasteiger partial charge is 0.497 e. The second kappa shape index (κ2) is 3.88. The van der Waals surface area contributed by atoms with Gasteiger partial charge in [0.15, 0.2) is 0 Å². The number of carbonyl (C=O) groups excluding carboxylic acids is 1. The maximum atomic E-state index is 11.2. The molecule has 1 aromatic heterocycles. The van der Waals surface area contributed by atoms with Crippen LogP contribution >= 0.6 is 0 Å². The number of rotatable bonds is 3. The molecule has 80 valence electrons. The van der Waals surface area contributed by atoms with Crippen molar-refractivity contribution in [1.82, 2.24) is 4.98 Å². The maximum absolute atomic E-state index is 11.2. The fourth-order valence-electron chi connectivity index (χ4n) is 1.69. The average molecular weight is 207 g/mol. The SMILES string of the molecule is COC(=O)[C@H]1C[C@@H]1c1cc(OC)ccn1. The summed E-state index contributed by atoms with van der Waals surface area (Å²) < 4.78 is 9.78. The number of hydrogen-bond donors (Lipinski definition) is 0. The zero-order valence-corrected chi connectivity index (χ0v) is 8.77. The summed E-state index contributed by atoms with van der Waals surface area (Å²) in [6, 6.07) is 3.66. The van der Waals surface area contributed by atoms with Crippen LogP contribution in [0.5, 0.6) is 5.75 Å². The summed E-state index contributed by atoms with van der Waals surface area (Å²) in [7, 11) is 3.03. The van der Waals surface area contributed by atoms with Crippen LogP contribution in [0.4, 0.5) is 0 Å². The third-order valence-electron chi connectivity index (χ3n) is 2.66. The quantitative estimate of drug-likeness (QED) is 0.702. The number of nitrogens with zero attached hydrogens (tertiary/aromatic N) is 1. The minimum Gasteiger partial charge on any atom is -0.497 e. The number of carbonyl (C=O) groups is 1. The number of methoxy groups -OCH3 is 2. The molecule has 1 aromatic rings. The molecule has 1 saturated carbocycles. The molecule has 1 aliphatic rings. The average Bonchev–Trinajstić information content (AvgIpc) is 3.08. The van der Waals surface area contributed by atoms with Crippen LogP contribution in [0.25, 0.3) is 0 Å². The molecule has 4 heteroatoms. The minimum atomic E-state index is -0.149. The first kappa shape index (κ1) is 9.96. The molecule has 4 nitrogen and oxygen atoms in total. The molecule has 0 N–H and O–H groups in total. The van der Waals surface area contributed by atoms with E-state index in [4.69, 9.17) is 4.74 Å². The van der Waals surface area contributed by atoms with Crippen molar-refractivity contribution in [3.63, 3.8) is 0 Å². The van der Waals surface area contributed by atoms with Crippen molar-refractivity contribution in [2.75, 3.05) is 14.2 Å². The second-order valence-electron chi connectivity index (χ2n) is 3.59. The second-order valence-corrected chi connectivity index (χ2v) is 3.59. The molecule has 2 atom stereocenters. The normalized spacial score (nSPS) is 23.3. The first-order chi connectivity index (χ1) is 7.26. The number of ether oxygens (including phenoxy) is 2. The van der Waals surface area contributed by atoms with Gasteiger partial charge in [-0.3, -0.25) is 9.78 Å². The minimum absolute atomic E-state index is 0.0189. The highest BCUT2D eigenvalue weighted by Gasteiger charge is 2.45. The predicted octanol–water partition coefficient (Wildman–Crippen LogP) is 1.37. The van der Waals surface area contributed by atoms with Crippen LogP contribution in [0, 0.1) is 5.92 Å². The summed E-state index contributed by atoms with van der Waals surface area (Å²) >= 11 is 0. The van der Waals surface area contributed by atoms with Gasteiger partial charge in [-0.2, -0.15) is 0 Å². The highest BCUT2D eigenvalue weighted by atomic mass is 16.5. The molecule has 0 unspecified atom stereocenters. The van der Waals surface area contributed by atoms with Crippen molar-refractivity contribution in [1.29, 1.82) is 0 Å². The van der Waals surface area contributed by atoms with E-state index >= 15 is 0 Å². The highest BCUT2D eigenvalue weighted by molar-refractivity contribution is 5.77. The van der Waals surface area contributed by atoms with Crippen LogP contribution in [0.3, 0.4) is 0 Å². The monoisotopic (exact) mass is 207 g/mol. The summed E-state index contributed by atoms with van der Waals surface area (Å²) in [6.45, 7) is 0. The van der Waals surface area contributed by atoms with E-state index in [1.165, 1.54) is 7.11 Å². The van der Waals surface area contributed by atoms with Gasteiger partial charge < -0.3 is 9.47 Å². The zero-order valence-electron chi connectivity index (χ0n) is 8.77. The summed E-state index contributed by atoms with van der Waals surface area (Å²) in [5.74, 6) is 0.808. The Hall–Kier alpha value is -1.58. The first-order valence-electron chi connectivity index (χ1n) is 4.84. The van der Waals surface area contributed by atoms with Crippen molar-refractivity contribution < 1.29 is 14.3 Å². The fraction of sp³-hybridized carbons (Fsp3) is 0.455. The highest BCUT2D eigenvalue weighted by Crippen LogP contribution is 2.47. The first-order valence-corrected chi connectivity index (χ1v) is 4.84. The third-order valence-corrected chi connectivity index (χ3v) is 2.66. The van der Waals surface area contributed by atoms with Gasteiger partial charge in [-0.25, -0.2) is 0 Å². The Bertz CT molecular complexity index is 378. The summed E-state index contributed by atoms with van der Waals surface area (Å²) in [5.41, 5.74) is 0.907. The van der Waals surface area contributed by atoms with Crippen LogP contribution in [-0.2, 0) is 9.53 Å². The molecular weight excluding hydrogens is 194 g/mol. The number of aromatic nitrogens is 1. The Kier molecular flexibility index (Phi) is 2.58. The van der Waals surface area contributed by atoms with Gasteiger partial charge in [0.2, 0.25) is 0 Å². The van der Waals surface area contributed by atoms with Gasteiger partial charge in [-0.1, -0.05) is 0 Å². The number of pyridine rings is 1. The molecule has 0 amide bonds. The molecule has 15 heavy (non-hydrogen) atoms. The van der Waals surface area contributed by atoms with Gasteiger partial charge in [-0.15, -0.1) is 0 Å². The molecule has 1 heterocycles. The number of hydrogen-bond acceptors (Lipinski definition) is 4. The molecule has 2 rings (SSSR count). The van der Waals surface area contributed by atoms with E-state index in [0.717, 1.165) is 17.9 Å². The van der Waals surface area contributed by atoms with E-state index in [1.54, 1.807) is 19.4 Å². The lowest BCUT2D eigenvalue weighted by atomic mass is 10.2. The van der Waals surface area contributed by atoms with E-state index in [1.807, 2.05) is 6.07 Å². The Morgan fingerprint density at radius 3 is 3.00 bits per heavy atom. The Morgan fingerprint density at radius 1 is 1.53 bits per heavy atom. The molecular formula is C11H13NO3. The Morgan fingerprint density at radius 2 is 2.33 bits per heavy atom. The van der Waals surface area contributed by atoms with Gasteiger partial charge in [0.1, 0.15) is 5.75 Å². The van der Waals surface area contributed by atoms with Crippen LogP contribution in [0.15, 0.2) is 18.3 Å². The van der Waals surface area contributed by atoms with E-state index in [2.05, 4.69) is 9.72 Å². The molecule has 1 fully saturated rings. The lowest BCUT2D eigenvalue weighted by Gasteiger charge is -2.02. The van der Waals surface area contributed by atoms with Crippen molar-refractivity contribution in [2.24, 2.45) is 5.92 Å². The van der Waals surface area contributed by atoms with Crippen molar-refractivity contribution in [2.45, 2.75) is 12.3 Å². The van der Waals surface area contributed by atoms with Crippen LogP contribution < -0.4 is 4.74 Å². The molecule has 0 radical (unpaired) electrons. The Labute approximate surface area is 88.2 Å². The van der Waals surface area contributed by atoms with Crippen molar-refractivity contribution in [3.8, 4) is 5.75 Å². The van der Waals surface area contributed by atoms with Crippen molar-refractivity contribution >= 4 is 5.97 Å². The van der Waals surface area contributed by atoms with Gasteiger partial charge in [0, 0.05) is 23.9 Å². The third kappa shape index (κ3) is 1.93. The van der Waals surface area contributed by atoms with Crippen LogP contribution in [0.1, 0.15) is 18.0 Å². The molecule has 1 aliphatic carbocycles. The maximum Gasteiger partial charge on any atom is 0.309 e. The van der Waals surface area contributed by atoms with Gasteiger partial charge in [0.25, 0.3) is 0 Å².